The van der Waals surface area contributed by atoms with Gasteiger partial charge in [-0.15, -0.1) is 0 Å². The molecule has 0 bridgehead atoms. The van der Waals surface area contributed by atoms with E-state index in [1.54, 1.807) is 36.4 Å². The second-order valence-electron chi connectivity index (χ2n) is 4.51. The lowest BCUT2D eigenvalue weighted by atomic mass is 10.3. The fourth-order valence-electron chi connectivity index (χ4n) is 1.60. The van der Waals surface area contributed by atoms with Gasteiger partial charge < -0.3 is 0 Å². The summed E-state index contributed by atoms with van der Waals surface area (Å²) in [6, 6.07) is 15.0. The Kier molecular flexibility index (Phi) is 5.53. The lowest BCUT2D eigenvalue weighted by Gasteiger charge is -2.00. The van der Waals surface area contributed by atoms with Crippen LogP contribution in [0.25, 0.3) is 0 Å². The summed E-state index contributed by atoms with van der Waals surface area (Å²) >= 11 is 0. The van der Waals surface area contributed by atoms with E-state index in [9.17, 15) is 8.42 Å². The number of hydrazone groups is 1. The van der Waals surface area contributed by atoms with Crippen LogP contribution in [0, 0.1) is 22.7 Å². The van der Waals surface area contributed by atoms with Gasteiger partial charge in [0, 0.05) is 0 Å². The van der Waals surface area contributed by atoms with E-state index in [4.69, 9.17) is 15.1 Å². The third-order valence-electron chi connectivity index (χ3n) is 2.79. The van der Waals surface area contributed by atoms with Gasteiger partial charge in [0.15, 0.2) is 0 Å². The van der Waals surface area contributed by atoms with E-state index in [0.717, 1.165) is 0 Å². The Labute approximate surface area is 143 Å². The van der Waals surface area contributed by atoms with Crippen molar-refractivity contribution in [2.24, 2.45) is 15.3 Å². The molecule has 0 fully saturated rings. The summed E-state index contributed by atoms with van der Waals surface area (Å²) in [4.78, 5) is -0.225. The van der Waals surface area contributed by atoms with Gasteiger partial charge in [-0.3, -0.25) is 9.98 Å². The molecule has 0 heterocycles. The molecule has 0 aliphatic rings. The van der Waals surface area contributed by atoms with Crippen molar-refractivity contribution in [3.05, 3.63) is 48.5 Å². The van der Waals surface area contributed by atoms with Crippen LogP contribution in [0.15, 0.2) is 68.8 Å². The number of nitriles is 2. The predicted octanol–water partition coefficient (Wildman–Crippen LogP) is 3.16. The zero-order valence-corrected chi connectivity index (χ0v) is 13.3. The Morgan fingerprint density at radius 3 is 1.84 bits per heavy atom. The van der Waals surface area contributed by atoms with Gasteiger partial charge in [-0.05, 0) is 48.5 Å². The average Bonchev–Trinajstić information content (AvgIpc) is 2.61. The summed E-state index contributed by atoms with van der Waals surface area (Å²) in [5.74, 6) is 0. The van der Waals surface area contributed by atoms with Crippen LogP contribution in [0.3, 0.4) is 0 Å². The smallest absolute Gasteiger partial charge is 0.282 e. The minimum absolute atomic E-state index is 0.225. The third kappa shape index (κ3) is 5.21. The van der Waals surface area contributed by atoms with Crippen molar-refractivity contribution >= 4 is 32.9 Å². The summed E-state index contributed by atoms with van der Waals surface area (Å²) in [6.07, 6.45) is 0. The Bertz CT molecular complexity index is 981. The monoisotopic (exact) mass is 354 g/mol. The molecule has 0 saturated heterocycles. The van der Waals surface area contributed by atoms with Crippen molar-refractivity contribution < 1.29 is 13.0 Å². The highest BCUT2D eigenvalue weighted by atomic mass is 32.2. The molecule has 0 saturated carbocycles. The molecule has 2 rings (SSSR count). The quantitative estimate of drug-likeness (QED) is 0.364. The van der Waals surface area contributed by atoms with Gasteiger partial charge >= 0.3 is 0 Å². The summed E-state index contributed by atoms with van der Waals surface area (Å²) in [5.41, 5.74) is 3.75. The van der Waals surface area contributed by atoms with Crippen LogP contribution >= 0.6 is 0 Å². The van der Waals surface area contributed by atoms with Crippen molar-refractivity contribution in [1.82, 2.24) is 0 Å². The molecule has 2 aromatic carbocycles. The van der Waals surface area contributed by atoms with E-state index in [2.05, 4.69) is 20.8 Å². The summed E-state index contributed by atoms with van der Waals surface area (Å²) in [6.45, 7) is 0. The molecule has 0 amide bonds. The van der Waals surface area contributed by atoms with Crippen molar-refractivity contribution in [2.45, 2.75) is 4.90 Å². The minimum Gasteiger partial charge on any atom is -0.282 e. The van der Waals surface area contributed by atoms with E-state index in [1.807, 2.05) is 0 Å². The Balaban J connectivity index is 2.06. The van der Waals surface area contributed by atoms with Crippen LogP contribution in [-0.2, 0) is 10.1 Å². The van der Waals surface area contributed by atoms with Crippen molar-refractivity contribution in [1.29, 1.82) is 10.5 Å². The summed E-state index contributed by atoms with van der Waals surface area (Å²) in [7, 11) is -4.24. The van der Waals surface area contributed by atoms with Gasteiger partial charge in [0.2, 0.25) is 5.71 Å². The molecule has 124 valence electrons. The van der Waals surface area contributed by atoms with Gasteiger partial charge in [0.05, 0.1) is 22.0 Å². The number of benzene rings is 2. The molecule has 0 unspecified atom stereocenters. The van der Waals surface area contributed by atoms with E-state index < -0.39 is 10.1 Å². The van der Waals surface area contributed by atoms with Crippen LogP contribution in [0.1, 0.15) is 0 Å². The molecular formula is C15H10N6O3S. The van der Waals surface area contributed by atoms with Crippen LogP contribution < -0.4 is 5.43 Å². The molecule has 10 heteroatoms. The highest BCUT2D eigenvalue weighted by Gasteiger charge is 2.07. The van der Waals surface area contributed by atoms with Gasteiger partial charge in [0.1, 0.15) is 12.1 Å². The number of nitrogens with one attached hydrogen (secondary N) is 1. The largest absolute Gasteiger partial charge is 0.294 e. The van der Waals surface area contributed by atoms with Crippen LogP contribution in [0.2, 0.25) is 0 Å². The molecule has 0 spiro atoms. The minimum atomic E-state index is -4.24. The van der Waals surface area contributed by atoms with Gasteiger partial charge in [-0.1, -0.05) is 0 Å². The first-order chi connectivity index (χ1) is 11.9. The Morgan fingerprint density at radius 1 is 0.920 bits per heavy atom. The Hall–Kier alpha value is -3.60. The fraction of sp³-hybridized carbons (Fsp3) is 0. The van der Waals surface area contributed by atoms with Crippen molar-refractivity contribution in [2.75, 3.05) is 5.43 Å². The maximum Gasteiger partial charge on any atom is 0.294 e. The van der Waals surface area contributed by atoms with E-state index in [1.165, 1.54) is 24.3 Å². The van der Waals surface area contributed by atoms with E-state index >= 15 is 0 Å². The standard InChI is InChI=1S/C15H10N6O3S/c16-9-14(10-17)21-20-12-3-1-11(2-4-12)18-19-13-5-7-15(8-6-13)25(22,23)24/h1-8,20H,(H,22,23,24). The molecular weight excluding hydrogens is 344 g/mol. The lowest BCUT2D eigenvalue weighted by Crippen LogP contribution is -1.96. The number of azo groups is 1. The number of rotatable bonds is 5. The maximum atomic E-state index is 10.9. The Morgan fingerprint density at radius 2 is 1.40 bits per heavy atom. The van der Waals surface area contributed by atoms with E-state index in [0.29, 0.717) is 17.1 Å². The SMILES string of the molecule is N#CC(C#N)=NNc1ccc(N=Nc2ccc(S(=O)(=O)O)cc2)cc1. The molecule has 0 aliphatic heterocycles. The number of anilines is 1. The molecule has 9 nitrogen and oxygen atoms in total. The van der Waals surface area contributed by atoms with Crippen molar-refractivity contribution in [3.8, 4) is 12.1 Å². The average molecular weight is 354 g/mol. The van der Waals surface area contributed by atoms with Crippen molar-refractivity contribution in [3.63, 3.8) is 0 Å². The second-order valence-corrected chi connectivity index (χ2v) is 5.93. The summed E-state index contributed by atoms with van der Waals surface area (Å²) < 4.78 is 30.8. The van der Waals surface area contributed by atoms with Gasteiger partial charge in [0.25, 0.3) is 10.1 Å². The van der Waals surface area contributed by atoms with Gasteiger partial charge in [-0.25, -0.2) is 0 Å². The first kappa shape index (κ1) is 17.7. The highest BCUT2D eigenvalue weighted by molar-refractivity contribution is 7.85. The normalized spacial score (nSPS) is 10.7. The molecule has 2 aromatic rings. The molecule has 0 aliphatic carbocycles. The predicted molar refractivity (Wildman–Crippen MR) is 89.2 cm³/mol. The van der Waals surface area contributed by atoms with Crippen LogP contribution in [-0.4, -0.2) is 18.7 Å². The first-order valence-electron chi connectivity index (χ1n) is 6.65. The number of nitrogens with zero attached hydrogens (tertiary/aromatic N) is 5. The lowest BCUT2D eigenvalue weighted by molar-refractivity contribution is 0.483. The zero-order chi connectivity index (χ0) is 18.3. The molecule has 0 aromatic heterocycles. The molecule has 0 radical (unpaired) electrons. The molecule has 2 N–H and O–H groups in total. The van der Waals surface area contributed by atoms with Crippen LogP contribution in [0.4, 0.5) is 17.1 Å². The summed E-state index contributed by atoms with van der Waals surface area (Å²) in [5, 5.41) is 28.7. The maximum absolute atomic E-state index is 10.9. The van der Waals surface area contributed by atoms with E-state index in [-0.39, 0.29) is 10.6 Å². The second kappa shape index (κ2) is 7.79. The number of hydrogen-bond acceptors (Lipinski definition) is 8. The van der Waals surface area contributed by atoms with Gasteiger partial charge in [-0.2, -0.15) is 34.3 Å². The number of hydrogen-bond donors (Lipinski definition) is 2. The topological polar surface area (TPSA) is 151 Å². The fourth-order valence-corrected chi connectivity index (χ4v) is 2.08. The van der Waals surface area contributed by atoms with Crippen LogP contribution in [0.5, 0.6) is 0 Å². The molecule has 0 atom stereocenters. The highest BCUT2D eigenvalue weighted by Crippen LogP contribution is 2.21. The molecule has 25 heavy (non-hydrogen) atoms. The first-order valence-corrected chi connectivity index (χ1v) is 8.09. The third-order valence-corrected chi connectivity index (χ3v) is 3.66. The zero-order valence-electron chi connectivity index (χ0n) is 12.5.